The Bertz CT molecular complexity index is 546. The zero-order chi connectivity index (χ0) is 12.6. The van der Waals surface area contributed by atoms with Crippen molar-refractivity contribution < 1.29 is 4.39 Å². The molecule has 2 aromatic rings. The summed E-state index contributed by atoms with van der Waals surface area (Å²) in [6.45, 7) is 3.72. The molecule has 17 heavy (non-hydrogen) atoms. The predicted molar refractivity (Wildman–Crippen MR) is 71.3 cm³/mol. The molecule has 0 N–H and O–H groups in total. The van der Waals surface area contributed by atoms with Crippen molar-refractivity contribution in [2.45, 2.75) is 13.8 Å². The average Bonchev–Trinajstić information content (AvgIpc) is 2.65. The van der Waals surface area contributed by atoms with Crippen LogP contribution in [0.3, 0.4) is 0 Å². The van der Waals surface area contributed by atoms with Gasteiger partial charge < -0.3 is 4.90 Å². The van der Waals surface area contributed by atoms with Crippen molar-refractivity contribution in [1.29, 1.82) is 0 Å². The molecule has 0 radical (unpaired) electrons. The van der Waals surface area contributed by atoms with Crippen molar-refractivity contribution in [2.24, 2.45) is 0 Å². The Balaban J connectivity index is 2.49. The van der Waals surface area contributed by atoms with Crippen molar-refractivity contribution in [3.05, 3.63) is 35.3 Å². The lowest BCUT2D eigenvalue weighted by molar-refractivity contribution is 0.619. The fourth-order valence-corrected chi connectivity index (χ4v) is 2.56. The smallest absolute Gasteiger partial charge is 0.185 e. The number of hydrogen-bond donors (Lipinski definition) is 0. The Hall–Kier alpha value is -1.42. The van der Waals surface area contributed by atoms with Gasteiger partial charge in [0.05, 0.1) is 10.6 Å². The Morgan fingerprint density at radius 1 is 1.24 bits per heavy atom. The standard InChI is InChI=1S/C13H15FN2S/c1-8-5-6-10(7-11(8)14)12-9(2)15-13(17-12)16(3)4/h5-7H,1-4H3. The maximum absolute atomic E-state index is 13.5. The molecule has 90 valence electrons. The molecule has 0 saturated heterocycles. The molecule has 2 rings (SSSR count). The van der Waals surface area contributed by atoms with E-state index in [4.69, 9.17) is 0 Å². The Labute approximate surface area is 105 Å². The normalized spacial score (nSPS) is 10.6. The third-order valence-corrected chi connectivity index (χ3v) is 3.98. The highest BCUT2D eigenvalue weighted by Gasteiger charge is 2.12. The van der Waals surface area contributed by atoms with Crippen molar-refractivity contribution in [3.63, 3.8) is 0 Å². The second kappa shape index (κ2) is 4.45. The first-order valence-corrected chi connectivity index (χ1v) is 6.22. The number of benzene rings is 1. The lowest BCUT2D eigenvalue weighted by atomic mass is 10.1. The second-order valence-corrected chi connectivity index (χ2v) is 5.25. The van der Waals surface area contributed by atoms with Crippen molar-refractivity contribution in [3.8, 4) is 10.4 Å². The van der Waals surface area contributed by atoms with Crippen molar-refractivity contribution >= 4 is 16.5 Å². The van der Waals surface area contributed by atoms with Gasteiger partial charge in [0.25, 0.3) is 0 Å². The summed E-state index contributed by atoms with van der Waals surface area (Å²) in [6, 6.07) is 5.33. The van der Waals surface area contributed by atoms with Crippen molar-refractivity contribution in [2.75, 3.05) is 19.0 Å². The summed E-state index contributed by atoms with van der Waals surface area (Å²) in [7, 11) is 3.91. The van der Waals surface area contributed by atoms with Gasteiger partial charge in [0.15, 0.2) is 5.13 Å². The molecule has 1 heterocycles. The molecule has 0 atom stereocenters. The zero-order valence-corrected chi connectivity index (χ0v) is 11.2. The van der Waals surface area contributed by atoms with Crippen LogP contribution in [0.15, 0.2) is 18.2 Å². The maximum atomic E-state index is 13.5. The molecule has 0 aliphatic rings. The highest BCUT2D eigenvalue weighted by atomic mass is 32.1. The number of thiazole rings is 1. The molecular weight excluding hydrogens is 235 g/mol. The number of hydrogen-bond acceptors (Lipinski definition) is 3. The van der Waals surface area contributed by atoms with Gasteiger partial charge in [-0.2, -0.15) is 0 Å². The fourth-order valence-electron chi connectivity index (χ4n) is 1.58. The van der Waals surface area contributed by atoms with Gasteiger partial charge in [-0.05, 0) is 31.0 Å². The third kappa shape index (κ3) is 2.31. The van der Waals surface area contributed by atoms with E-state index in [-0.39, 0.29) is 5.82 Å². The lowest BCUT2D eigenvalue weighted by Gasteiger charge is -2.05. The number of aryl methyl sites for hydroxylation is 2. The van der Waals surface area contributed by atoms with Gasteiger partial charge in [0.1, 0.15) is 5.82 Å². The van der Waals surface area contributed by atoms with Gasteiger partial charge in [-0.25, -0.2) is 9.37 Å². The van der Waals surface area contributed by atoms with E-state index >= 15 is 0 Å². The van der Waals surface area contributed by atoms with Gasteiger partial charge in [0, 0.05) is 14.1 Å². The number of nitrogens with zero attached hydrogens (tertiary/aromatic N) is 2. The average molecular weight is 250 g/mol. The Morgan fingerprint density at radius 3 is 2.47 bits per heavy atom. The number of halogens is 1. The molecular formula is C13H15FN2S. The minimum atomic E-state index is -0.165. The van der Waals surface area contributed by atoms with E-state index in [1.165, 1.54) is 0 Å². The lowest BCUT2D eigenvalue weighted by Crippen LogP contribution is -2.07. The van der Waals surface area contributed by atoms with Gasteiger partial charge in [0.2, 0.25) is 0 Å². The number of rotatable bonds is 2. The summed E-state index contributed by atoms with van der Waals surface area (Å²) in [4.78, 5) is 7.46. The van der Waals surface area contributed by atoms with Crippen LogP contribution in [0.25, 0.3) is 10.4 Å². The third-order valence-electron chi connectivity index (χ3n) is 2.60. The van der Waals surface area contributed by atoms with Gasteiger partial charge in [-0.3, -0.25) is 0 Å². The topological polar surface area (TPSA) is 16.1 Å². The monoisotopic (exact) mass is 250 g/mol. The van der Waals surface area contributed by atoms with E-state index < -0.39 is 0 Å². The first-order chi connectivity index (χ1) is 7.99. The maximum Gasteiger partial charge on any atom is 0.185 e. The molecule has 4 heteroatoms. The van der Waals surface area contributed by atoms with E-state index in [1.54, 1.807) is 30.4 Å². The number of aromatic nitrogens is 1. The van der Waals surface area contributed by atoms with Crippen LogP contribution >= 0.6 is 11.3 Å². The summed E-state index contributed by atoms with van der Waals surface area (Å²) in [5.41, 5.74) is 2.52. The molecule has 0 spiro atoms. The predicted octanol–water partition coefficient (Wildman–Crippen LogP) is 3.63. The Morgan fingerprint density at radius 2 is 1.94 bits per heavy atom. The molecule has 0 bridgehead atoms. The van der Waals surface area contributed by atoms with E-state index in [0.29, 0.717) is 5.56 Å². The van der Waals surface area contributed by atoms with Crippen molar-refractivity contribution in [1.82, 2.24) is 4.98 Å². The number of anilines is 1. The Kier molecular flexibility index (Phi) is 3.15. The van der Waals surface area contributed by atoms with E-state index in [9.17, 15) is 4.39 Å². The molecule has 0 aliphatic heterocycles. The fraction of sp³-hybridized carbons (Fsp3) is 0.308. The van der Waals surface area contributed by atoms with Crippen LogP contribution in [0.5, 0.6) is 0 Å². The van der Waals surface area contributed by atoms with Gasteiger partial charge in [-0.1, -0.05) is 23.5 Å². The molecule has 0 unspecified atom stereocenters. The highest BCUT2D eigenvalue weighted by Crippen LogP contribution is 2.34. The summed E-state index contributed by atoms with van der Waals surface area (Å²) in [6.07, 6.45) is 0. The summed E-state index contributed by atoms with van der Waals surface area (Å²) < 4.78 is 13.5. The summed E-state index contributed by atoms with van der Waals surface area (Å²) in [5.74, 6) is -0.165. The molecule has 1 aromatic carbocycles. The van der Waals surface area contributed by atoms with Crippen LogP contribution < -0.4 is 4.90 Å². The van der Waals surface area contributed by atoms with E-state index in [2.05, 4.69) is 4.98 Å². The van der Waals surface area contributed by atoms with E-state index in [1.807, 2.05) is 32.0 Å². The second-order valence-electron chi connectivity index (χ2n) is 4.27. The van der Waals surface area contributed by atoms with Crippen LogP contribution in [0, 0.1) is 19.7 Å². The zero-order valence-electron chi connectivity index (χ0n) is 10.4. The summed E-state index contributed by atoms with van der Waals surface area (Å²) in [5, 5.41) is 0.943. The van der Waals surface area contributed by atoms with Crippen LogP contribution in [0.1, 0.15) is 11.3 Å². The molecule has 0 saturated carbocycles. The van der Waals surface area contributed by atoms with Gasteiger partial charge >= 0.3 is 0 Å². The van der Waals surface area contributed by atoms with Crippen LogP contribution in [0.4, 0.5) is 9.52 Å². The molecule has 2 nitrogen and oxygen atoms in total. The molecule has 0 amide bonds. The largest absolute Gasteiger partial charge is 0.354 e. The molecule has 1 aromatic heterocycles. The SMILES string of the molecule is Cc1ccc(-c2sc(N(C)C)nc2C)cc1F. The minimum Gasteiger partial charge on any atom is -0.354 e. The highest BCUT2D eigenvalue weighted by molar-refractivity contribution is 7.19. The first-order valence-electron chi connectivity index (χ1n) is 5.40. The van der Waals surface area contributed by atoms with E-state index in [0.717, 1.165) is 21.3 Å². The van der Waals surface area contributed by atoms with Gasteiger partial charge in [-0.15, -0.1) is 0 Å². The van der Waals surface area contributed by atoms with Crippen LogP contribution in [0.2, 0.25) is 0 Å². The molecule has 0 aliphatic carbocycles. The van der Waals surface area contributed by atoms with Crippen LogP contribution in [-0.2, 0) is 0 Å². The summed E-state index contributed by atoms with van der Waals surface area (Å²) >= 11 is 1.58. The first kappa shape index (κ1) is 12.0. The minimum absolute atomic E-state index is 0.165. The van der Waals surface area contributed by atoms with Crippen LogP contribution in [-0.4, -0.2) is 19.1 Å². The quantitative estimate of drug-likeness (QED) is 0.809. The molecule has 0 fully saturated rings.